The zero-order valence-corrected chi connectivity index (χ0v) is 12.7. The molecule has 2 rings (SSSR count). The van der Waals surface area contributed by atoms with Crippen molar-refractivity contribution in [1.29, 1.82) is 0 Å². The number of aromatic nitrogens is 1. The molecule has 0 saturated carbocycles. The number of hydrogen-bond acceptors (Lipinski definition) is 4. The number of halogens is 2. The number of carbonyl (C=O) groups excluding carboxylic acids is 1. The van der Waals surface area contributed by atoms with E-state index in [2.05, 4.69) is 20.4 Å². The largest absolute Gasteiger partial charge is 0.435 e. The van der Waals surface area contributed by atoms with Crippen LogP contribution in [-0.4, -0.2) is 24.6 Å². The summed E-state index contributed by atoms with van der Waals surface area (Å²) >= 11 is 0. The number of nitrogens with one attached hydrogen (secondary N) is 2. The highest BCUT2D eigenvalue weighted by Crippen LogP contribution is 2.23. The van der Waals surface area contributed by atoms with E-state index in [9.17, 15) is 13.6 Å². The van der Waals surface area contributed by atoms with E-state index in [1.165, 1.54) is 12.1 Å². The lowest BCUT2D eigenvalue weighted by Gasteiger charge is -2.17. The quantitative estimate of drug-likeness (QED) is 0.857. The molecule has 0 bridgehead atoms. The molecule has 0 saturated heterocycles. The van der Waals surface area contributed by atoms with Crippen molar-refractivity contribution in [2.75, 3.05) is 12.4 Å². The van der Waals surface area contributed by atoms with Crippen molar-refractivity contribution in [2.45, 2.75) is 19.6 Å². The van der Waals surface area contributed by atoms with Crippen molar-refractivity contribution < 1.29 is 18.3 Å². The van der Waals surface area contributed by atoms with Gasteiger partial charge >= 0.3 is 6.61 Å². The molecular weight excluding hydrogens is 304 g/mol. The zero-order chi connectivity index (χ0) is 16.8. The molecule has 122 valence electrons. The Morgan fingerprint density at radius 3 is 2.52 bits per heavy atom. The summed E-state index contributed by atoms with van der Waals surface area (Å²) in [4.78, 5) is 16.0. The number of benzene rings is 1. The van der Waals surface area contributed by atoms with Gasteiger partial charge in [-0.2, -0.15) is 8.78 Å². The van der Waals surface area contributed by atoms with Gasteiger partial charge in [-0.05, 0) is 36.8 Å². The Bertz CT molecular complexity index is 663. The van der Waals surface area contributed by atoms with Crippen LogP contribution in [0.2, 0.25) is 0 Å². The van der Waals surface area contributed by atoms with Gasteiger partial charge in [0.15, 0.2) is 0 Å². The van der Waals surface area contributed by atoms with Gasteiger partial charge in [-0.1, -0.05) is 12.1 Å². The fourth-order valence-electron chi connectivity index (χ4n) is 2.06. The van der Waals surface area contributed by atoms with Crippen molar-refractivity contribution in [3.63, 3.8) is 0 Å². The number of pyridine rings is 1. The van der Waals surface area contributed by atoms with Crippen LogP contribution in [0.4, 0.5) is 14.6 Å². The Balaban J connectivity index is 2.13. The summed E-state index contributed by atoms with van der Waals surface area (Å²) in [5.41, 5.74) is 1.28. The van der Waals surface area contributed by atoms with Gasteiger partial charge in [-0.15, -0.1) is 0 Å². The molecular formula is C16H17F2N3O2. The van der Waals surface area contributed by atoms with Crippen LogP contribution in [0.25, 0.3) is 0 Å². The topological polar surface area (TPSA) is 63.2 Å². The number of anilines is 1. The molecule has 0 spiro atoms. The van der Waals surface area contributed by atoms with Gasteiger partial charge in [0.25, 0.3) is 5.91 Å². The number of carbonyl (C=O) groups is 1. The zero-order valence-electron chi connectivity index (χ0n) is 12.7. The summed E-state index contributed by atoms with van der Waals surface area (Å²) in [5, 5.41) is 5.70. The number of ether oxygens (including phenoxy) is 1. The normalized spacial score (nSPS) is 11.9. The number of nitrogens with zero attached hydrogens (tertiary/aromatic N) is 1. The lowest BCUT2D eigenvalue weighted by Crippen LogP contribution is -2.21. The van der Waals surface area contributed by atoms with E-state index in [0.29, 0.717) is 11.4 Å². The fraction of sp³-hybridized carbons (Fsp3) is 0.250. The monoisotopic (exact) mass is 321 g/mol. The van der Waals surface area contributed by atoms with E-state index in [1.54, 1.807) is 37.5 Å². The highest BCUT2D eigenvalue weighted by atomic mass is 19.3. The third-order valence-electron chi connectivity index (χ3n) is 3.24. The predicted molar refractivity (Wildman–Crippen MR) is 82.7 cm³/mol. The molecule has 0 aliphatic rings. The van der Waals surface area contributed by atoms with E-state index in [0.717, 1.165) is 5.56 Å². The molecule has 23 heavy (non-hydrogen) atoms. The van der Waals surface area contributed by atoms with E-state index in [4.69, 9.17) is 0 Å². The Labute approximate surface area is 132 Å². The number of rotatable bonds is 6. The molecule has 1 heterocycles. The van der Waals surface area contributed by atoms with Gasteiger partial charge in [-0.25, -0.2) is 4.98 Å². The SMILES string of the molecule is CNC(=O)c1cccnc1NC(C)c1ccc(OC(F)F)cc1. The van der Waals surface area contributed by atoms with Crippen molar-refractivity contribution in [3.05, 3.63) is 53.7 Å². The third kappa shape index (κ3) is 4.38. The van der Waals surface area contributed by atoms with E-state index < -0.39 is 6.61 Å². The Hall–Kier alpha value is -2.70. The smallest absolute Gasteiger partial charge is 0.387 e. The van der Waals surface area contributed by atoms with Gasteiger partial charge in [0, 0.05) is 19.3 Å². The molecule has 5 nitrogen and oxygen atoms in total. The molecule has 1 aromatic carbocycles. The molecule has 0 aliphatic heterocycles. The lowest BCUT2D eigenvalue weighted by molar-refractivity contribution is -0.0498. The number of hydrogen-bond donors (Lipinski definition) is 2. The van der Waals surface area contributed by atoms with E-state index in [1.807, 2.05) is 6.92 Å². The average molecular weight is 321 g/mol. The minimum atomic E-state index is -2.85. The van der Waals surface area contributed by atoms with Crippen LogP contribution >= 0.6 is 0 Å². The van der Waals surface area contributed by atoms with E-state index in [-0.39, 0.29) is 17.7 Å². The standard InChI is InChI=1S/C16H17F2N3O2/c1-10(11-5-7-12(8-6-11)23-16(17)18)21-14-13(15(22)19-2)4-3-9-20-14/h3-10,16H,1-2H3,(H,19,22)(H,20,21). The molecule has 1 amide bonds. The summed E-state index contributed by atoms with van der Waals surface area (Å²) in [5.74, 6) is 0.306. The summed E-state index contributed by atoms with van der Waals surface area (Å²) < 4.78 is 28.6. The van der Waals surface area contributed by atoms with Crippen LogP contribution in [0.3, 0.4) is 0 Å². The highest BCUT2D eigenvalue weighted by Gasteiger charge is 2.14. The average Bonchev–Trinajstić information content (AvgIpc) is 2.54. The molecule has 1 atom stereocenters. The summed E-state index contributed by atoms with van der Waals surface area (Å²) in [6.45, 7) is -0.967. The Kier molecular flexibility index (Phi) is 5.46. The molecule has 0 fully saturated rings. The maximum atomic E-state index is 12.1. The Morgan fingerprint density at radius 2 is 1.91 bits per heavy atom. The van der Waals surface area contributed by atoms with Gasteiger partial charge in [0.1, 0.15) is 11.6 Å². The maximum absolute atomic E-state index is 12.1. The first-order valence-electron chi connectivity index (χ1n) is 6.99. The molecule has 0 aliphatic carbocycles. The van der Waals surface area contributed by atoms with E-state index >= 15 is 0 Å². The van der Waals surface area contributed by atoms with Gasteiger partial charge < -0.3 is 15.4 Å². The van der Waals surface area contributed by atoms with Crippen LogP contribution in [0.15, 0.2) is 42.6 Å². The first kappa shape index (κ1) is 16.7. The van der Waals surface area contributed by atoms with Crippen LogP contribution in [0.1, 0.15) is 28.9 Å². The van der Waals surface area contributed by atoms with Crippen molar-refractivity contribution >= 4 is 11.7 Å². The minimum Gasteiger partial charge on any atom is -0.435 e. The molecule has 1 aromatic heterocycles. The number of amides is 1. The van der Waals surface area contributed by atoms with Gasteiger partial charge in [0.2, 0.25) is 0 Å². The molecule has 2 N–H and O–H groups in total. The maximum Gasteiger partial charge on any atom is 0.387 e. The Morgan fingerprint density at radius 1 is 1.22 bits per heavy atom. The summed E-state index contributed by atoms with van der Waals surface area (Å²) in [6, 6.07) is 9.47. The second-order valence-electron chi connectivity index (χ2n) is 4.79. The van der Waals surface area contributed by atoms with Crippen LogP contribution < -0.4 is 15.4 Å². The van der Waals surface area contributed by atoms with Crippen molar-refractivity contribution in [1.82, 2.24) is 10.3 Å². The molecule has 1 unspecified atom stereocenters. The van der Waals surface area contributed by atoms with Gasteiger partial charge in [0.05, 0.1) is 5.56 Å². The first-order valence-corrected chi connectivity index (χ1v) is 6.99. The molecule has 0 radical (unpaired) electrons. The number of alkyl halides is 2. The van der Waals surface area contributed by atoms with Crippen LogP contribution in [-0.2, 0) is 0 Å². The second-order valence-corrected chi connectivity index (χ2v) is 4.79. The van der Waals surface area contributed by atoms with Crippen LogP contribution in [0.5, 0.6) is 5.75 Å². The molecule has 7 heteroatoms. The summed E-state index contributed by atoms with van der Waals surface area (Å²) in [7, 11) is 1.55. The second kappa shape index (κ2) is 7.53. The summed E-state index contributed by atoms with van der Waals surface area (Å²) in [6.07, 6.45) is 1.58. The van der Waals surface area contributed by atoms with Crippen molar-refractivity contribution in [3.8, 4) is 5.75 Å². The first-order chi connectivity index (χ1) is 11.0. The third-order valence-corrected chi connectivity index (χ3v) is 3.24. The lowest BCUT2D eigenvalue weighted by atomic mass is 10.1. The fourth-order valence-corrected chi connectivity index (χ4v) is 2.06. The minimum absolute atomic E-state index is 0.0971. The van der Waals surface area contributed by atoms with Gasteiger partial charge in [-0.3, -0.25) is 4.79 Å². The predicted octanol–water partition coefficient (Wildman–Crippen LogP) is 3.22. The highest BCUT2D eigenvalue weighted by molar-refractivity contribution is 5.98. The van der Waals surface area contributed by atoms with Crippen molar-refractivity contribution in [2.24, 2.45) is 0 Å². The van der Waals surface area contributed by atoms with Crippen LogP contribution in [0, 0.1) is 0 Å². The molecule has 2 aromatic rings.